The summed E-state index contributed by atoms with van der Waals surface area (Å²) in [7, 11) is -3.08. The highest BCUT2D eigenvalue weighted by Crippen LogP contribution is 2.32. The molecular formula is C14H20Cl2O2S. The first-order chi connectivity index (χ1) is 8.88. The van der Waals surface area contributed by atoms with Gasteiger partial charge in [-0.3, -0.25) is 0 Å². The number of benzene rings is 1. The van der Waals surface area contributed by atoms with E-state index in [-0.39, 0.29) is 11.0 Å². The van der Waals surface area contributed by atoms with E-state index < -0.39 is 15.3 Å². The van der Waals surface area contributed by atoms with Gasteiger partial charge in [0.25, 0.3) is 0 Å². The number of sulfone groups is 1. The molecule has 0 aromatic heterocycles. The van der Waals surface area contributed by atoms with Crippen LogP contribution in [0.1, 0.15) is 25.8 Å². The molecule has 1 aromatic rings. The third-order valence-electron chi connectivity index (χ3n) is 3.48. The topological polar surface area (TPSA) is 34.1 Å². The number of alkyl halides is 2. The van der Waals surface area contributed by atoms with Crippen molar-refractivity contribution in [2.45, 2.75) is 30.9 Å². The molecule has 1 rings (SSSR count). The van der Waals surface area contributed by atoms with Crippen LogP contribution < -0.4 is 0 Å². The second-order valence-corrected chi connectivity index (χ2v) is 8.29. The highest BCUT2D eigenvalue weighted by molar-refractivity contribution is 7.91. The second-order valence-electron chi connectivity index (χ2n) is 5.08. The highest BCUT2D eigenvalue weighted by Gasteiger charge is 2.32. The molecule has 0 heterocycles. The Morgan fingerprint density at radius 2 is 1.63 bits per heavy atom. The Balaban J connectivity index is 2.97. The van der Waals surface area contributed by atoms with Crippen LogP contribution in [0.5, 0.6) is 0 Å². The summed E-state index contributed by atoms with van der Waals surface area (Å²) in [5.41, 5.74) is 0.519. The quantitative estimate of drug-likeness (QED) is 0.718. The van der Waals surface area contributed by atoms with E-state index in [1.807, 2.05) is 30.3 Å². The summed E-state index contributed by atoms with van der Waals surface area (Å²) >= 11 is 12.2. The summed E-state index contributed by atoms with van der Waals surface area (Å²) in [4.78, 5) is 0. The standard InChI is InChI=1S/C14H20Cl2O2S/c1-12(2)19(17,18)9-8-14(10-15,11-16)13-6-4-3-5-7-13/h3-7,12H,8-11H2,1-2H3. The van der Waals surface area contributed by atoms with Gasteiger partial charge < -0.3 is 0 Å². The first-order valence-corrected chi connectivity index (χ1v) is 9.05. The largest absolute Gasteiger partial charge is 0.229 e. The molecule has 0 saturated heterocycles. The Morgan fingerprint density at radius 3 is 2.05 bits per heavy atom. The number of hydrogen-bond donors (Lipinski definition) is 0. The van der Waals surface area contributed by atoms with Crippen LogP contribution >= 0.6 is 23.2 Å². The van der Waals surface area contributed by atoms with Gasteiger partial charge in [0, 0.05) is 17.2 Å². The van der Waals surface area contributed by atoms with E-state index in [9.17, 15) is 8.42 Å². The van der Waals surface area contributed by atoms with Crippen LogP contribution in [-0.4, -0.2) is 31.2 Å². The number of rotatable bonds is 7. The first kappa shape index (κ1) is 16.8. The number of halogens is 2. The lowest BCUT2D eigenvalue weighted by Crippen LogP contribution is -2.34. The molecule has 2 nitrogen and oxygen atoms in total. The zero-order chi connectivity index (χ0) is 14.5. The molecule has 1 aromatic carbocycles. The van der Waals surface area contributed by atoms with Crippen molar-refractivity contribution in [1.29, 1.82) is 0 Å². The molecule has 0 spiro atoms. The van der Waals surface area contributed by atoms with Gasteiger partial charge in [-0.05, 0) is 25.8 Å². The fraction of sp³-hybridized carbons (Fsp3) is 0.571. The summed E-state index contributed by atoms with van der Waals surface area (Å²) < 4.78 is 23.9. The fourth-order valence-corrected chi connectivity index (χ4v) is 3.84. The SMILES string of the molecule is CC(C)S(=O)(=O)CCC(CCl)(CCl)c1ccccc1. The van der Waals surface area contributed by atoms with Crippen molar-refractivity contribution in [2.24, 2.45) is 0 Å². The van der Waals surface area contributed by atoms with Gasteiger partial charge in [0.15, 0.2) is 9.84 Å². The monoisotopic (exact) mass is 322 g/mol. The van der Waals surface area contributed by atoms with Crippen molar-refractivity contribution in [3.05, 3.63) is 35.9 Å². The third-order valence-corrected chi connectivity index (χ3v) is 6.71. The zero-order valence-electron chi connectivity index (χ0n) is 11.3. The van der Waals surface area contributed by atoms with E-state index in [1.165, 1.54) is 0 Å². The molecule has 0 aliphatic rings. The van der Waals surface area contributed by atoms with Crippen molar-refractivity contribution in [3.8, 4) is 0 Å². The maximum absolute atomic E-state index is 12.0. The maximum Gasteiger partial charge on any atom is 0.152 e. The van der Waals surface area contributed by atoms with Gasteiger partial charge in [0.2, 0.25) is 0 Å². The minimum atomic E-state index is -3.08. The summed E-state index contributed by atoms with van der Waals surface area (Å²) in [5.74, 6) is 0.737. The van der Waals surface area contributed by atoms with E-state index in [0.717, 1.165) is 5.56 Å². The van der Waals surface area contributed by atoms with Gasteiger partial charge in [-0.2, -0.15) is 0 Å². The van der Waals surface area contributed by atoms with Gasteiger partial charge in [0.05, 0.1) is 11.0 Å². The van der Waals surface area contributed by atoms with Crippen molar-refractivity contribution >= 4 is 33.0 Å². The first-order valence-electron chi connectivity index (χ1n) is 6.27. The third kappa shape index (κ3) is 4.11. The van der Waals surface area contributed by atoms with Crippen LogP contribution in [0.2, 0.25) is 0 Å². The summed E-state index contributed by atoms with van der Waals surface area (Å²) in [6.45, 7) is 3.39. The molecule has 0 fully saturated rings. The molecular weight excluding hydrogens is 303 g/mol. The molecule has 0 aliphatic heterocycles. The van der Waals surface area contributed by atoms with Crippen molar-refractivity contribution < 1.29 is 8.42 Å². The normalized spacial score (nSPS) is 12.9. The van der Waals surface area contributed by atoms with Crippen molar-refractivity contribution in [1.82, 2.24) is 0 Å². The lowest BCUT2D eigenvalue weighted by Gasteiger charge is -2.30. The second kappa shape index (κ2) is 6.96. The van der Waals surface area contributed by atoms with Crippen LogP contribution in [0.3, 0.4) is 0 Å². The van der Waals surface area contributed by atoms with Gasteiger partial charge in [-0.1, -0.05) is 30.3 Å². The summed E-state index contributed by atoms with van der Waals surface area (Å²) in [5, 5.41) is -0.369. The van der Waals surface area contributed by atoms with Crippen LogP contribution in [0.15, 0.2) is 30.3 Å². The summed E-state index contributed by atoms with van der Waals surface area (Å²) in [6.07, 6.45) is 0.449. The Hall–Kier alpha value is -0.250. The Kier molecular flexibility index (Phi) is 6.15. The molecule has 19 heavy (non-hydrogen) atoms. The van der Waals surface area contributed by atoms with Crippen LogP contribution in [0.25, 0.3) is 0 Å². The predicted molar refractivity (Wildman–Crippen MR) is 83.1 cm³/mol. The molecule has 0 radical (unpaired) electrons. The van der Waals surface area contributed by atoms with Gasteiger partial charge in [-0.25, -0.2) is 8.42 Å². The average Bonchev–Trinajstić information content (AvgIpc) is 2.41. The molecule has 0 unspecified atom stereocenters. The van der Waals surface area contributed by atoms with Gasteiger partial charge >= 0.3 is 0 Å². The van der Waals surface area contributed by atoms with E-state index >= 15 is 0 Å². The Morgan fingerprint density at radius 1 is 1.11 bits per heavy atom. The lowest BCUT2D eigenvalue weighted by molar-refractivity contribution is 0.509. The molecule has 0 amide bonds. The van der Waals surface area contributed by atoms with Crippen molar-refractivity contribution in [3.63, 3.8) is 0 Å². The Bertz CT molecular complexity index is 479. The summed E-state index contributed by atoms with van der Waals surface area (Å²) in [6, 6.07) is 9.65. The Labute approximate surface area is 126 Å². The fourth-order valence-electron chi connectivity index (χ4n) is 1.83. The maximum atomic E-state index is 12.0. The van der Waals surface area contributed by atoms with E-state index in [1.54, 1.807) is 13.8 Å². The molecule has 108 valence electrons. The van der Waals surface area contributed by atoms with E-state index in [4.69, 9.17) is 23.2 Å². The van der Waals surface area contributed by atoms with E-state index in [0.29, 0.717) is 18.2 Å². The minimum absolute atomic E-state index is 0.110. The molecule has 0 aliphatic carbocycles. The molecule has 0 N–H and O–H groups in total. The minimum Gasteiger partial charge on any atom is -0.229 e. The smallest absolute Gasteiger partial charge is 0.152 e. The average molecular weight is 323 g/mol. The van der Waals surface area contributed by atoms with Crippen LogP contribution in [0, 0.1) is 0 Å². The lowest BCUT2D eigenvalue weighted by atomic mass is 9.82. The van der Waals surface area contributed by atoms with Crippen LogP contribution in [-0.2, 0) is 15.3 Å². The molecule has 0 atom stereocenters. The molecule has 0 bridgehead atoms. The molecule has 5 heteroatoms. The predicted octanol–water partition coefficient (Wildman–Crippen LogP) is 3.62. The van der Waals surface area contributed by atoms with Crippen LogP contribution in [0.4, 0.5) is 0 Å². The zero-order valence-corrected chi connectivity index (χ0v) is 13.6. The van der Waals surface area contributed by atoms with Gasteiger partial charge in [0.1, 0.15) is 0 Å². The van der Waals surface area contributed by atoms with E-state index in [2.05, 4.69) is 0 Å². The van der Waals surface area contributed by atoms with Crippen molar-refractivity contribution in [2.75, 3.05) is 17.5 Å². The highest BCUT2D eigenvalue weighted by atomic mass is 35.5. The van der Waals surface area contributed by atoms with Gasteiger partial charge in [-0.15, -0.1) is 23.2 Å². The molecule has 0 saturated carbocycles. The number of hydrogen-bond acceptors (Lipinski definition) is 2.